The average Bonchev–Trinajstić information content (AvgIpc) is 2.10. The van der Waals surface area contributed by atoms with Gasteiger partial charge in [-0.3, -0.25) is 0 Å². The predicted molar refractivity (Wildman–Crippen MR) is 55.8 cm³/mol. The Kier molecular flexibility index (Phi) is 11.9. The van der Waals surface area contributed by atoms with Gasteiger partial charge >= 0.3 is 82.8 Å². The van der Waals surface area contributed by atoms with E-state index in [0.717, 1.165) is 21.4 Å². The molecule has 0 aliphatic carbocycles. The second-order valence-electron chi connectivity index (χ2n) is 3.10. The Morgan fingerprint density at radius 2 is 1.58 bits per heavy atom. The zero-order chi connectivity index (χ0) is 9.07. The molecule has 0 fully saturated rings. The molecule has 12 heavy (non-hydrogen) atoms. The standard InChI is InChI=1S/C10H22OSe/c1-2-3-4-6-9-12-10-7-5-8-11/h11H,2-10H2,1H3. The Hall–Kier alpha value is 0.479. The van der Waals surface area contributed by atoms with Crippen LogP contribution in [0.4, 0.5) is 0 Å². The van der Waals surface area contributed by atoms with Crippen molar-refractivity contribution in [1.29, 1.82) is 0 Å². The Bertz CT molecular complexity index is 66.2. The molecule has 0 aromatic carbocycles. The van der Waals surface area contributed by atoms with E-state index in [1.165, 1.54) is 42.7 Å². The van der Waals surface area contributed by atoms with Crippen molar-refractivity contribution in [3.63, 3.8) is 0 Å². The van der Waals surface area contributed by atoms with Crippen molar-refractivity contribution >= 4 is 15.0 Å². The van der Waals surface area contributed by atoms with Crippen molar-refractivity contribution in [3.8, 4) is 0 Å². The zero-order valence-corrected chi connectivity index (χ0v) is 9.93. The topological polar surface area (TPSA) is 20.2 Å². The molecule has 1 nitrogen and oxygen atoms in total. The van der Waals surface area contributed by atoms with E-state index in [4.69, 9.17) is 5.11 Å². The van der Waals surface area contributed by atoms with Crippen LogP contribution in [0.5, 0.6) is 0 Å². The summed E-state index contributed by atoms with van der Waals surface area (Å²) in [5.74, 6) is 0. The van der Waals surface area contributed by atoms with Gasteiger partial charge in [-0.2, -0.15) is 0 Å². The van der Waals surface area contributed by atoms with Crippen molar-refractivity contribution in [3.05, 3.63) is 0 Å². The molecule has 0 atom stereocenters. The third-order valence-electron chi connectivity index (χ3n) is 1.84. The fraction of sp³-hybridized carbons (Fsp3) is 1.00. The summed E-state index contributed by atoms with van der Waals surface area (Å²) in [5.41, 5.74) is 0. The minimum absolute atomic E-state index is 0.381. The van der Waals surface area contributed by atoms with Gasteiger partial charge in [-0.1, -0.05) is 0 Å². The van der Waals surface area contributed by atoms with Gasteiger partial charge in [0.25, 0.3) is 0 Å². The monoisotopic (exact) mass is 238 g/mol. The van der Waals surface area contributed by atoms with Gasteiger partial charge < -0.3 is 0 Å². The maximum atomic E-state index is 8.55. The third kappa shape index (κ3) is 10.5. The maximum absolute atomic E-state index is 8.55. The van der Waals surface area contributed by atoms with Crippen molar-refractivity contribution < 1.29 is 5.11 Å². The Balaban J connectivity index is 2.73. The molecule has 0 spiro atoms. The summed E-state index contributed by atoms with van der Waals surface area (Å²) in [6.07, 6.45) is 7.87. The van der Waals surface area contributed by atoms with E-state index in [2.05, 4.69) is 6.92 Å². The Morgan fingerprint density at radius 1 is 0.917 bits per heavy atom. The first-order valence-electron chi connectivity index (χ1n) is 5.10. The molecule has 0 aromatic rings. The summed E-state index contributed by atoms with van der Waals surface area (Å²) < 4.78 is 0. The molecule has 0 bridgehead atoms. The molecule has 0 radical (unpaired) electrons. The third-order valence-corrected chi connectivity index (χ3v) is 4.26. The van der Waals surface area contributed by atoms with Crippen molar-refractivity contribution in [2.45, 2.75) is 56.1 Å². The molecular formula is C10H22OSe. The van der Waals surface area contributed by atoms with Gasteiger partial charge in [-0.05, 0) is 0 Å². The molecule has 2 heteroatoms. The summed E-state index contributed by atoms with van der Waals surface area (Å²) in [6, 6.07) is 0. The minimum atomic E-state index is 0.381. The van der Waals surface area contributed by atoms with Gasteiger partial charge in [0, 0.05) is 0 Å². The first-order chi connectivity index (χ1) is 5.91. The SMILES string of the molecule is CCCCCC[Se]CCCCO. The van der Waals surface area contributed by atoms with E-state index < -0.39 is 0 Å². The van der Waals surface area contributed by atoms with E-state index in [-0.39, 0.29) is 0 Å². The summed E-state index contributed by atoms with van der Waals surface area (Å²) >= 11 is 0.864. The van der Waals surface area contributed by atoms with Crippen LogP contribution in [-0.2, 0) is 0 Å². The molecular weight excluding hydrogens is 215 g/mol. The number of aliphatic hydroxyl groups excluding tert-OH is 1. The van der Waals surface area contributed by atoms with Gasteiger partial charge in [0.05, 0.1) is 0 Å². The number of unbranched alkanes of at least 4 members (excludes halogenated alkanes) is 4. The molecule has 0 amide bonds. The first-order valence-corrected chi connectivity index (χ1v) is 7.52. The number of hydrogen-bond acceptors (Lipinski definition) is 1. The van der Waals surface area contributed by atoms with E-state index in [9.17, 15) is 0 Å². The van der Waals surface area contributed by atoms with Crippen LogP contribution in [-0.4, -0.2) is 26.7 Å². The molecule has 0 rings (SSSR count). The molecule has 0 aromatic heterocycles. The van der Waals surface area contributed by atoms with Crippen LogP contribution in [0, 0.1) is 0 Å². The Labute approximate surface area is 83.1 Å². The van der Waals surface area contributed by atoms with Crippen molar-refractivity contribution in [2.24, 2.45) is 0 Å². The van der Waals surface area contributed by atoms with Crippen molar-refractivity contribution in [2.75, 3.05) is 6.61 Å². The molecule has 0 aliphatic heterocycles. The fourth-order valence-electron chi connectivity index (χ4n) is 1.05. The van der Waals surface area contributed by atoms with Crippen LogP contribution in [0.3, 0.4) is 0 Å². The number of rotatable bonds is 9. The molecule has 0 heterocycles. The molecule has 0 saturated heterocycles. The molecule has 0 saturated carbocycles. The van der Waals surface area contributed by atoms with Gasteiger partial charge in [0.15, 0.2) is 0 Å². The normalized spacial score (nSPS) is 10.5. The number of aliphatic hydroxyl groups is 1. The predicted octanol–water partition coefficient (Wildman–Crippen LogP) is 2.88. The van der Waals surface area contributed by atoms with Crippen molar-refractivity contribution in [1.82, 2.24) is 0 Å². The first kappa shape index (κ1) is 12.5. The second kappa shape index (κ2) is 11.5. The fourth-order valence-corrected chi connectivity index (χ4v) is 3.19. The van der Waals surface area contributed by atoms with Gasteiger partial charge in [-0.25, -0.2) is 0 Å². The van der Waals surface area contributed by atoms with E-state index in [0.29, 0.717) is 6.61 Å². The average molecular weight is 237 g/mol. The van der Waals surface area contributed by atoms with Gasteiger partial charge in [0.2, 0.25) is 0 Å². The van der Waals surface area contributed by atoms with Crippen LogP contribution in [0.2, 0.25) is 10.6 Å². The zero-order valence-electron chi connectivity index (χ0n) is 8.22. The summed E-state index contributed by atoms with van der Waals surface area (Å²) in [5, 5.41) is 11.4. The van der Waals surface area contributed by atoms with Crippen LogP contribution in [0.25, 0.3) is 0 Å². The molecule has 74 valence electrons. The summed E-state index contributed by atoms with van der Waals surface area (Å²) in [4.78, 5) is 0. The molecule has 0 unspecified atom stereocenters. The molecule has 1 N–H and O–H groups in total. The quantitative estimate of drug-likeness (QED) is 0.483. The summed E-state index contributed by atoms with van der Waals surface area (Å²) in [6.45, 7) is 2.64. The second-order valence-corrected chi connectivity index (χ2v) is 5.67. The molecule has 0 aliphatic rings. The Morgan fingerprint density at radius 3 is 2.17 bits per heavy atom. The van der Waals surface area contributed by atoms with Crippen LogP contribution in [0.15, 0.2) is 0 Å². The number of hydrogen-bond donors (Lipinski definition) is 1. The van der Waals surface area contributed by atoms with Crippen LogP contribution in [0.1, 0.15) is 45.4 Å². The van der Waals surface area contributed by atoms with Gasteiger partial charge in [0.1, 0.15) is 0 Å². The summed E-state index contributed by atoms with van der Waals surface area (Å²) in [7, 11) is 0. The van der Waals surface area contributed by atoms with Crippen LogP contribution >= 0.6 is 0 Å². The van der Waals surface area contributed by atoms with Gasteiger partial charge in [-0.15, -0.1) is 0 Å². The van der Waals surface area contributed by atoms with E-state index >= 15 is 0 Å². The van der Waals surface area contributed by atoms with E-state index in [1.54, 1.807) is 0 Å². The van der Waals surface area contributed by atoms with Crippen LogP contribution < -0.4 is 0 Å². The van der Waals surface area contributed by atoms with E-state index in [1.807, 2.05) is 0 Å².